The SMILES string of the molecule is CCOC(=O)C(N)CCSC1CCCCC1. The molecule has 0 aromatic rings. The molecule has 0 aliphatic heterocycles. The second-order valence-corrected chi connectivity index (χ2v) is 5.69. The van der Waals surface area contributed by atoms with Crippen LogP contribution in [0.4, 0.5) is 0 Å². The lowest BCUT2D eigenvalue weighted by Crippen LogP contribution is -2.33. The Morgan fingerprint density at radius 1 is 1.44 bits per heavy atom. The van der Waals surface area contributed by atoms with E-state index in [2.05, 4.69) is 0 Å². The van der Waals surface area contributed by atoms with Gasteiger partial charge >= 0.3 is 5.97 Å². The molecule has 1 rings (SSSR count). The standard InChI is InChI=1S/C12H23NO2S/c1-2-15-12(14)11(13)8-9-16-10-6-4-3-5-7-10/h10-11H,2-9,13H2,1H3. The Balaban J connectivity index is 2.07. The summed E-state index contributed by atoms with van der Waals surface area (Å²) < 4.78 is 4.87. The molecule has 1 aliphatic carbocycles. The Kier molecular flexibility index (Phi) is 6.88. The maximum atomic E-state index is 11.3. The number of esters is 1. The number of nitrogens with two attached hydrogens (primary N) is 1. The van der Waals surface area contributed by atoms with Gasteiger partial charge in [-0.3, -0.25) is 4.79 Å². The van der Waals surface area contributed by atoms with E-state index in [0.717, 1.165) is 17.4 Å². The van der Waals surface area contributed by atoms with Crippen LogP contribution in [0.2, 0.25) is 0 Å². The minimum absolute atomic E-state index is 0.258. The van der Waals surface area contributed by atoms with E-state index in [1.807, 2.05) is 11.8 Å². The van der Waals surface area contributed by atoms with Gasteiger partial charge in [0.2, 0.25) is 0 Å². The smallest absolute Gasteiger partial charge is 0.322 e. The van der Waals surface area contributed by atoms with Crippen LogP contribution in [0.15, 0.2) is 0 Å². The Bertz CT molecular complexity index is 205. The second kappa shape index (κ2) is 7.96. The van der Waals surface area contributed by atoms with Crippen molar-refractivity contribution < 1.29 is 9.53 Å². The maximum Gasteiger partial charge on any atom is 0.322 e. The first kappa shape index (κ1) is 13.8. The van der Waals surface area contributed by atoms with Crippen LogP contribution >= 0.6 is 11.8 Å². The lowest BCUT2D eigenvalue weighted by molar-refractivity contribution is -0.144. The lowest BCUT2D eigenvalue weighted by atomic mass is 10.0. The van der Waals surface area contributed by atoms with Gasteiger partial charge in [0, 0.05) is 5.25 Å². The molecule has 3 nitrogen and oxygen atoms in total. The molecular formula is C12H23NO2S. The molecule has 0 bridgehead atoms. The second-order valence-electron chi connectivity index (χ2n) is 4.28. The lowest BCUT2D eigenvalue weighted by Gasteiger charge is -2.21. The van der Waals surface area contributed by atoms with Crippen molar-refractivity contribution in [2.45, 2.75) is 56.7 Å². The molecule has 1 atom stereocenters. The first-order valence-electron chi connectivity index (χ1n) is 6.28. The molecule has 2 N–H and O–H groups in total. The first-order valence-corrected chi connectivity index (χ1v) is 7.32. The number of hydrogen-bond acceptors (Lipinski definition) is 4. The summed E-state index contributed by atoms with van der Waals surface area (Å²) in [7, 11) is 0. The molecule has 1 unspecified atom stereocenters. The van der Waals surface area contributed by atoms with Gasteiger partial charge in [0.05, 0.1) is 6.61 Å². The zero-order valence-electron chi connectivity index (χ0n) is 10.1. The van der Waals surface area contributed by atoms with Crippen molar-refractivity contribution in [3.63, 3.8) is 0 Å². The van der Waals surface area contributed by atoms with E-state index >= 15 is 0 Å². The van der Waals surface area contributed by atoms with Crippen molar-refractivity contribution in [3.05, 3.63) is 0 Å². The molecule has 4 heteroatoms. The minimum atomic E-state index is -0.434. The largest absolute Gasteiger partial charge is 0.465 e. The number of hydrogen-bond donors (Lipinski definition) is 1. The predicted octanol–water partition coefficient (Wildman–Crippen LogP) is 2.33. The first-order chi connectivity index (χ1) is 7.74. The van der Waals surface area contributed by atoms with Gasteiger partial charge in [-0.2, -0.15) is 11.8 Å². The van der Waals surface area contributed by atoms with Crippen LogP contribution in [0.3, 0.4) is 0 Å². The Hall–Kier alpha value is -0.220. The number of carbonyl (C=O) groups is 1. The number of carbonyl (C=O) groups excluding carboxylic acids is 1. The molecule has 0 saturated heterocycles. The molecule has 94 valence electrons. The monoisotopic (exact) mass is 245 g/mol. The fourth-order valence-corrected chi connectivity index (χ4v) is 3.35. The predicted molar refractivity (Wildman–Crippen MR) is 68.6 cm³/mol. The van der Waals surface area contributed by atoms with Crippen LogP contribution in [0, 0.1) is 0 Å². The molecule has 0 aromatic heterocycles. The molecule has 1 saturated carbocycles. The summed E-state index contributed by atoms with van der Waals surface area (Å²) in [5.41, 5.74) is 5.73. The molecule has 16 heavy (non-hydrogen) atoms. The molecule has 0 aromatic carbocycles. The Morgan fingerprint density at radius 2 is 2.12 bits per heavy atom. The third-order valence-electron chi connectivity index (χ3n) is 2.92. The number of thioether (sulfide) groups is 1. The van der Waals surface area contributed by atoms with Gasteiger partial charge in [-0.25, -0.2) is 0 Å². The van der Waals surface area contributed by atoms with E-state index < -0.39 is 6.04 Å². The molecular weight excluding hydrogens is 222 g/mol. The molecule has 0 heterocycles. The molecule has 0 spiro atoms. The average molecular weight is 245 g/mol. The van der Waals surface area contributed by atoms with E-state index in [4.69, 9.17) is 10.5 Å². The van der Waals surface area contributed by atoms with Crippen LogP contribution in [0.25, 0.3) is 0 Å². The minimum Gasteiger partial charge on any atom is -0.465 e. The van der Waals surface area contributed by atoms with Crippen LogP contribution in [0.1, 0.15) is 45.4 Å². The highest BCUT2D eigenvalue weighted by Gasteiger charge is 2.17. The summed E-state index contributed by atoms with van der Waals surface area (Å²) in [6.07, 6.45) is 7.52. The van der Waals surface area contributed by atoms with Gasteiger partial charge in [0.1, 0.15) is 6.04 Å². The molecule has 0 radical (unpaired) electrons. The number of rotatable bonds is 6. The topological polar surface area (TPSA) is 52.3 Å². The maximum absolute atomic E-state index is 11.3. The van der Waals surface area contributed by atoms with Crippen LogP contribution < -0.4 is 5.73 Å². The fraction of sp³-hybridized carbons (Fsp3) is 0.917. The van der Waals surface area contributed by atoms with Crippen molar-refractivity contribution in [2.75, 3.05) is 12.4 Å². The van der Waals surface area contributed by atoms with E-state index in [1.165, 1.54) is 32.1 Å². The van der Waals surface area contributed by atoms with Gasteiger partial charge < -0.3 is 10.5 Å². The third kappa shape index (κ3) is 5.21. The highest BCUT2D eigenvalue weighted by atomic mass is 32.2. The van der Waals surface area contributed by atoms with E-state index in [-0.39, 0.29) is 5.97 Å². The summed E-state index contributed by atoms with van der Waals surface area (Å²) in [5.74, 6) is 0.719. The quantitative estimate of drug-likeness (QED) is 0.730. The van der Waals surface area contributed by atoms with Crippen molar-refractivity contribution in [1.82, 2.24) is 0 Å². The van der Waals surface area contributed by atoms with E-state index in [1.54, 1.807) is 6.92 Å². The summed E-state index contributed by atoms with van der Waals surface area (Å²) in [6, 6.07) is -0.434. The summed E-state index contributed by atoms with van der Waals surface area (Å²) in [6.45, 7) is 2.23. The highest BCUT2D eigenvalue weighted by molar-refractivity contribution is 7.99. The van der Waals surface area contributed by atoms with Crippen molar-refractivity contribution in [1.29, 1.82) is 0 Å². The zero-order valence-corrected chi connectivity index (χ0v) is 10.9. The van der Waals surface area contributed by atoms with Gasteiger partial charge in [-0.15, -0.1) is 0 Å². The fourth-order valence-electron chi connectivity index (χ4n) is 1.96. The Labute approximate surface area is 102 Å². The summed E-state index contributed by atoms with van der Waals surface area (Å²) in [5, 5.41) is 0.795. The molecule has 0 amide bonds. The van der Waals surface area contributed by atoms with Crippen LogP contribution in [-0.4, -0.2) is 29.6 Å². The molecule has 1 aliphatic rings. The molecule has 1 fully saturated rings. The van der Waals surface area contributed by atoms with Crippen molar-refractivity contribution in [3.8, 4) is 0 Å². The van der Waals surface area contributed by atoms with E-state index in [9.17, 15) is 4.79 Å². The Morgan fingerprint density at radius 3 is 2.75 bits per heavy atom. The van der Waals surface area contributed by atoms with Crippen molar-refractivity contribution >= 4 is 17.7 Å². The van der Waals surface area contributed by atoms with Gasteiger partial charge in [0.25, 0.3) is 0 Å². The van der Waals surface area contributed by atoms with Crippen LogP contribution in [-0.2, 0) is 9.53 Å². The zero-order chi connectivity index (χ0) is 11.8. The van der Waals surface area contributed by atoms with Gasteiger partial charge in [0.15, 0.2) is 0 Å². The highest BCUT2D eigenvalue weighted by Crippen LogP contribution is 2.28. The summed E-state index contributed by atoms with van der Waals surface area (Å²) in [4.78, 5) is 11.3. The van der Waals surface area contributed by atoms with Gasteiger partial charge in [-0.05, 0) is 31.9 Å². The van der Waals surface area contributed by atoms with Crippen LogP contribution in [0.5, 0.6) is 0 Å². The van der Waals surface area contributed by atoms with Crippen molar-refractivity contribution in [2.24, 2.45) is 5.73 Å². The average Bonchev–Trinajstić information content (AvgIpc) is 2.30. The normalized spacial score (nSPS) is 19.4. The number of ether oxygens (including phenoxy) is 1. The van der Waals surface area contributed by atoms with E-state index in [0.29, 0.717) is 6.61 Å². The van der Waals surface area contributed by atoms with Gasteiger partial charge in [-0.1, -0.05) is 19.3 Å². The third-order valence-corrected chi connectivity index (χ3v) is 4.34. The summed E-state index contributed by atoms with van der Waals surface area (Å²) >= 11 is 1.97.